The molecule has 5 nitrogen and oxygen atoms in total. The average Bonchev–Trinajstić information content (AvgIpc) is 2.88. The van der Waals surface area contributed by atoms with Crippen LogP contribution in [0, 0.1) is 5.82 Å². The monoisotopic (exact) mass is 341 g/mol. The zero-order valence-corrected chi connectivity index (χ0v) is 13.8. The molecule has 2 N–H and O–H groups in total. The minimum atomic E-state index is -0.522. The van der Waals surface area contributed by atoms with Gasteiger partial charge in [0, 0.05) is 37.4 Å². The van der Waals surface area contributed by atoms with Crippen LogP contribution in [0.2, 0.25) is 0 Å². The number of carbonyl (C=O) groups is 2. The van der Waals surface area contributed by atoms with Gasteiger partial charge in [-0.2, -0.15) is 0 Å². The summed E-state index contributed by atoms with van der Waals surface area (Å²) < 4.78 is 13.8. The van der Waals surface area contributed by atoms with Gasteiger partial charge in [-0.25, -0.2) is 4.39 Å². The second-order valence-corrected chi connectivity index (χ2v) is 6.04. The summed E-state index contributed by atoms with van der Waals surface area (Å²) in [4.78, 5) is 28.4. The van der Waals surface area contributed by atoms with Gasteiger partial charge in [0.05, 0.1) is 5.56 Å². The number of nitrogen functional groups attached to an aromatic ring is 1. The van der Waals surface area contributed by atoms with E-state index in [0.717, 1.165) is 0 Å². The van der Waals surface area contributed by atoms with Gasteiger partial charge < -0.3 is 15.5 Å². The van der Waals surface area contributed by atoms with Crippen molar-refractivity contribution in [2.24, 2.45) is 0 Å². The second-order valence-electron chi connectivity index (χ2n) is 6.04. The zero-order chi connectivity index (χ0) is 17.8. The van der Waals surface area contributed by atoms with E-state index in [1.165, 1.54) is 12.1 Å². The van der Waals surface area contributed by atoms with Gasteiger partial charge in [0.15, 0.2) is 0 Å². The van der Waals surface area contributed by atoms with Crippen molar-refractivity contribution in [3.8, 4) is 0 Å². The number of rotatable bonds is 2. The van der Waals surface area contributed by atoms with Crippen LogP contribution in [0.15, 0.2) is 48.5 Å². The van der Waals surface area contributed by atoms with Crippen LogP contribution in [-0.2, 0) is 0 Å². The fraction of sp³-hybridized carbons (Fsp3) is 0.263. The number of nitrogens with zero attached hydrogens (tertiary/aromatic N) is 2. The molecule has 0 spiro atoms. The summed E-state index contributed by atoms with van der Waals surface area (Å²) in [6.45, 7) is 1.86. The third-order valence-electron chi connectivity index (χ3n) is 4.33. The lowest BCUT2D eigenvalue weighted by Crippen LogP contribution is -2.37. The van der Waals surface area contributed by atoms with E-state index in [1.54, 1.807) is 46.2 Å². The molecule has 25 heavy (non-hydrogen) atoms. The van der Waals surface area contributed by atoms with Crippen molar-refractivity contribution in [1.29, 1.82) is 0 Å². The zero-order valence-electron chi connectivity index (χ0n) is 13.8. The summed E-state index contributed by atoms with van der Waals surface area (Å²) in [6, 6.07) is 12.8. The number of amides is 2. The fourth-order valence-corrected chi connectivity index (χ4v) is 2.94. The smallest absolute Gasteiger partial charge is 0.256 e. The van der Waals surface area contributed by atoms with Crippen molar-refractivity contribution in [2.45, 2.75) is 6.42 Å². The highest BCUT2D eigenvalue weighted by atomic mass is 19.1. The Morgan fingerprint density at radius 3 is 2.08 bits per heavy atom. The Kier molecular flexibility index (Phi) is 4.97. The van der Waals surface area contributed by atoms with Crippen LogP contribution < -0.4 is 5.73 Å². The molecule has 1 saturated heterocycles. The van der Waals surface area contributed by atoms with Gasteiger partial charge in [-0.15, -0.1) is 0 Å². The van der Waals surface area contributed by atoms with Gasteiger partial charge >= 0.3 is 0 Å². The predicted octanol–water partition coefficient (Wildman–Crippen LogP) is 2.40. The fourth-order valence-electron chi connectivity index (χ4n) is 2.94. The average molecular weight is 341 g/mol. The molecule has 130 valence electrons. The van der Waals surface area contributed by atoms with Gasteiger partial charge in [0.25, 0.3) is 11.8 Å². The third-order valence-corrected chi connectivity index (χ3v) is 4.33. The Labute approximate surface area is 145 Å². The van der Waals surface area contributed by atoms with E-state index < -0.39 is 5.82 Å². The van der Waals surface area contributed by atoms with Crippen LogP contribution in [0.5, 0.6) is 0 Å². The highest BCUT2D eigenvalue weighted by Gasteiger charge is 2.24. The second kappa shape index (κ2) is 7.34. The van der Waals surface area contributed by atoms with Gasteiger partial charge in [-0.05, 0) is 42.8 Å². The first-order chi connectivity index (χ1) is 12.1. The molecule has 1 aliphatic rings. The van der Waals surface area contributed by atoms with Crippen molar-refractivity contribution < 1.29 is 14.0 Å². The van der Waals surface area contributed by atoms with Gasteiger partial charge in [0.2, 0.25) is 0 Å². The molecule has 0 aliphatic carbocycles. The quantitative estimate of drug-likeness (QED) is 0.853. The number of hydrogen-bond donors (Lipinski definition) is 1. The predicted molar refractivity (Wildman–Crippen MR) is 93.7 cm³/mol. The van der Waals surface area contributed by atoms with Crippen molar-refractivity contribution in [3.05, 3.63) is 65.5 Å². The summed E-state index contributed by atoms with van der Waals surface area (Å²) in [5.74, 6) is -0.938. The number of anilines is 1. The van der Waals surface area contributed by atoms with Crippen molar-refractivity contribution in [3.63, 3.8) is 0 Å². The standard InChI is InChI=1S/C19H20FN3O2/c20-17-5-2-1-4-16(17)19(25)23-11-3-10-22(12-13-23)18(24)14-6-8-15(21)9-7-14/h1-2,4-9H,3,10-13,21H2. The molecule has 2 amide bonds. The maximum Gasteiger partial charge on any atom is 0.256 e. The number of nitrogens with two attached hydrogens (primary N) is 1. The molecule has 0 unspecified atom stereocenters. The Balaban J connectivity index is 1.68. The van der Waals surface area contributed by atoms with E-state index in [1.807, 2.05) is 0 Å². The van der Waals surface area contributed by atoms with E-state index in [-0.39, 0.29) is 17.4 Å². The number of carbonyl (C=O) groups excluding carboxylic acids is 2. The normalized spacial score (nSPS) is 14.9. The lowest BCUT2D eigenvalue weighted by atomic mass is 10.2. The molecule has 6 heteroatoms. The van der Waals surface area contributed by atoms with Crippen LogP contribution in [0.3, 0.4) is 0 Å². The minimum Gasteiger partial charge on any atom is -0.399 e. The Morgan fingerprint density at radius 2 is 1.44 bits per heavy atom. The Bertz CT molecular complexity index is 776. The van der Waals surface area contributed by atoms with Crippen LogP contribution in [0.1, 0.15) is 27.1 Å². The number of hydrogen-bond acceptors (Lipinski definition) is 3. The first-order valence-electron chi connectivity index (χ1n) is 8.25. The van der Waals surface area contributed by atoms with E-state index in [0.29, 0.717) is 43.9 Å². The summed E-state index contributed by atoms with van der Waals surface area (Å²) >= 11 is 0. The van der Waals surface area contributed by atoms with Crippen molar-refractivity contribution in [1.82, 2.24) is 9.80 Å². The SMILES string of the molecule is Nc1ccc(C(=O)N2CCCN(C(=O)c3ccccc3F)CC2)cc1. The summed E-state index contributed by atoms with van der Waals surface area (Å²) in [6.07, 6.45) is 0.654. The van der Waals surface area contributed by atoms with Crippen LogP contribution in [-0.4, -0.2) is 47.8 Å². The highest BCUT2D eigenvalue weighted by Crippen LogP contribution is 2.15. The van der Waals surface area contributed by atoms with E-state index in [4.69, 9.17) is 5.73 Å². The Hall–Kier alpha value is -2.89. The van der Waals surface area contributed by atoms with E-state index in [9.17, 15) is 14.0 Å². The van der Waals surface area contributed by atoms with E-state index >= 15 is 0 Å². The number of halogens is 1. The van der Waals surface area contributed by atoms with Crippen molar-refractivity contribution >= 4 is 17.5 Å². The molecule has 0 atom stereocenters. The Morgan fingerprint density at radius 1 is 0.840 bits per heavy atom. The van der Waals surface area contributed by atoms with E-state index in [2.05, 4.69) is 0 Å². The molecule has 0 aromatic heterocycles. The van der Waals surface area contributed by atoms with Gasteiger partial charge in [-0.1, -0.05) is 12.1 Å². The first kappa shape index (κ1) is 17.0. The van der Waals surface area contributed by atoms with Gasteiger partial charge in [0.1, 0.15) is 5.82 Å². The summed E-state index contributed by atoms with van der Waals surface area (Å²) in [5.41, 5.74) is 6.90. The molecule has 3 rings (SSSR count). The molecule has 2 aromatic carbocycles. The maximum absolute atomic E-state index is 13.8. The van der Waals surface area contributed by atoms with Crippen LogP contribution >= 0.6 is 0 Å². The third kappa shape index (κ3) is 3.79. The van der Waals surface area contributed by atoms with Crippen LogP contribution in [0.25, 0.3) is 0 Å². The first-order valence-corrected chi connectivity index (χ1v) is 8.25. The maximum atomic E-state index is 13.8. The molecule has 1 heterocycles. The summed E-state index contributed by atoms with van der Waals surface area (Å²) in [5, 5.41) is 0. The molecule has 0 radical (unpaired) electrons. The lowest BCUT2D eigenvalue weighted by Gasteiger charge is -2.22. The molecular formula is C19H20FN3O2. The molecule has 0 bridgehead atoms. The minimum absolute atomic E-state index is 0.0702. The number of benzene rings is 2. The van der Waals surface area contributed by atoms with Crippen LogP contribution in [0.4, 0.5) is 10.1 Å². The molecule has 1 aliphatic heterocycles. The van der Waals surface area contributed by atoms with Crippen molar-refractivity contribution in [2.75, 3.05) is 31.9 Å². The molecule has 2 aromatic rings. The topological polar surface area (TPSA) is 66.6 Å². The highest BCUT2D eigenvalue weighted by molar-refractivity contribution is 5.95. The lowest BCUT2D eigenvalue weighted by molar-refractivity contribution is 0.0716. The molecular weight excluding hydrogens is 321 g/mol. The largest absolute Gasteiger partial charge is 0.399 e. The summed E-state index contributed by atoms with van der Waals surface area (Å²) in [7, 11) is 0. The molecule has 1 fully saturated rings. The molecule has 0 saturated carbocycles. The van der Waals surface area contributed by atoms with Gasteiger partial charge in [-0.3, -0.25) is 9.59 Å².